The summed E-state index contributed by atoms with van der Waals surface area (Å²) in [6.45, 7) is 0. The molecule has 0 saturated carbocycles. The zero-order chi connectivity index (χ0) is 15.8. The number of hydrogen-bond acceptors (Lipinski definition) is 3. The van der Waals surface area contributed by atoms with Crippen LogP contribution < -0.4 is 5.84 Å². The molecule has 0 aromatic heterocycles. The van der Waals surface area contributed by atoms with Gasteiger partial charge >= 0.3 is 0 Å². The van der Waals surface area contributed by atoms with Crippen LogP contribution in [0.15, 0.2) is 96.4 Å². The zero-order valence-corrected chi connectivity index (χ0v) is 13.4. The molecule has 4 nitrogen and oxygen atoms in total. The molecular weight excluding hydrogens is 332 g/mol. The van der Waals surface area contributed by atoms with Crippen LogP contribution in [-0.2, 0) is 17.1 Å². The molecule has 120 valence electrons. The average Bonchev–Trinajstić information content (AvgIpc) is 3.29. The third-order valence-electron chi connectivity index (χ3n) is 2.94. The van der Waals surface area contributed by atoms with E-state index < -0.39 is 5.91 Å². The first-order chi connectivity index (χ1) is 10.7. The predicted molar refractivity (Wildman–Crippen MR) is 86.8 cm³/mol. The van der Waals surface area contributed by atoms with Gasteiger partial charge in [-0.1, -0.05) is 30.4 Å². The van der Waals surface area contributed by atoms with Gasteiger partial charge in [-0.2, -0.15) is 18.2 Å². The van der Waals surface area contributed by atoms with Gasteiger partial charge in [-0.15, -0.1) is 0 Å². The Hall–Kier alpha value is -2.46. The topological polar surface area (TPSA) is 66.6 Å². The molecule has 0 radical (unpaired) electrons. The van der Waals surface area contributed by atoms with E-state index in [1.54, 1.807) is 54.6 Å². The standard InChI is InChI=1S/C13H12N2O2.C5H5.Fe/c14-15(13(17)11-8-4-5-9-11)12(16)10-6-2-1-3-7-10;1-2-4-5-3-1;/h1-9,17H,14H2;1-5H;/q;-1;. The number of rotatable bonds is 2. The fourth-order valence-corrected chi connectivity index (χ4v) is 1.80. The Labute approximate surface area is 146 Å². The molecule has 2 aromatic rings. The SMILES string of the molecule is NN(C(=O)c1ccccc1)C(O)=C1C=CC=C1.[Fe].c1cc[cH-]c1. The monoisotopic (exact) mass is 349 g/mol. The van der Waals surface area contributed by atoms with E-state index in [1.165, 1.54) is 0 Å². The van der Waals surface area contributed by atoms with E-state index in [2.05, 4.69) is 0 Å². The minimum atomic E-state index is -0.454. The summed E-state index contributed by atoms with van der Waals surface area (Å²) < 4.78 is 0. The summed E-state index contributed by atoms with van der Waals surface area (Å²) in [5, 5.41) is 10.5. The van der Waals surface area contributed by atoms with E-state index in [9.17, 15) is 9.90 Å². The Bertz CT molecular complexity index is 658. The molecule has 0 spiro atoms. The number of amides is 1. The van der Waals surface area contributed by atoms with Crippen LogP contribution >= 0.6 is 0 Å². The van der Waals surface area contributed by atoms with Crippen LogP contribution in [-0.4, -0.2) is 16.0 Å². The number of aliphatic hydroxyl groups excluding tert-OH is 1. The van der Waals surface area contributed by atoms with Gasteiger partial charge in [-0.3, -0.25) is 4.79 Å². The van der Waals surface area contributed by atoms with Crippen molar-refractivity contribution < 1.29 is 27.0 Å². The van der Waals surface area contributed by atoms with Crippen LogP contribution in [0.4, 0.5) is 0 Å². The maximum atomic E-state index is 11.9. The van der Waals surface area contributed by atoms with E-state index in [0.717, 1.165) is 5.01 Å². The van der Waals surface area contributed by atoms with Crippen LogP contribution in [0.1, 0.15) is 10.4 Å². The Morgan fingerprint density at radius 3 is 2.04 bits per heavy atom. The van der Waals surface area contributed by atoms with E-state index in [0.29, 0.717) is 11.1 Å². The van der Waals surface area contributed by atoms with Crippen molar-refractivity contribution in [2.75, 3.05) is 0 Å². The number of hydrogen-bond donors (Lipinski definition) is 2. The molecule has 1 amide bonds. The number of carbonyl (C=O) groups is 1. The molecule has 3 N–H and O–H groups in total. The van der Waals surface area contributed by atoms with Crippen molar-refractivity contribution in [2.45, 2.75) is 0 Å². The van der Waals surface area contributed by atoms with Gasteiger partial charge < -0.3 is 5.11 Å². The van der Waals surface area contributed by atoms with Crippen LogP contribution in [0.3, 0.4) is 0 Å². The van der Waals surface area contributed by atoms with Crippen molar-refractivity contribution in [1.82, 2.24) is 5.01 Å². The maximum absolute atomic E-state index is 11.9. The van der Waals surface area contributed by atoms with Gasteiger partial charge in [0.15, 0.2) is 0 Å². The molecule has 1 aliphatic carbocycles. The average molecular weight is 349 g/mol. The third kappa shape index (κ3) is 5.34. The molecule has 0 aliphatic heterocycles. The summed E-state index contributed by atoms with van der Waals surface area (Å²) in [5.41, 5.74) is 0.935. The quantitative estimate of drug-likeness (QED) is 0.218. The molecule has 2 aromatic carbocycles. The van der Waals surface area contributed by atoms with Crippen molar-refractivity contribution in [3.63, 3.8) is 0 Å². The second kappa shape index (κ2) is 9.54. The van der Waals surface area contributed by atoms with Crippen LogP contribution in [0.2, 0.25) is 0 Å². The Morgan fingerprint density at radius 1 is 1.00 bits per heavy atom. The van der Waals surface area contributed by atoms with Crippen molar-refractivity contribution in [2.24, 2.45) is 5.84 Å². The van der Waals surface area contributed by atoms with Gasteiger partial charge in [0.05, 0.1) is 0 Å². The number of aliphatic hydroxyl groups is 1. The third-order valence-corrected chi connectivity index (χ3v) is 2.94. The molecular formula is C18H17FeN2O2-. The van der Waals surface area contributed by atoms with Crippen molar-refractivity contribution in [3.8, 4) is 0 Å². The molecule has 0 atom stereocenters. The van der Waals surface area contributed by atoms with Crippen molar-refractivity contribution >= 4 is 5.91 Å². The molecule has 23 heavy (non-hydrogen) atoms. The Morgan fingerprint density at radius 2 is 1.57 bits per heavy atom. The smallest absolute Gasteiger partial charge is 0.274 e. The van der Waals surface area contributed by atoms with Gasteiger partial charge in [0.25, 0.3) is 5.91 Å². The van der Waals surface area contributed by atoms with E-state index in [4.69, 9.17) is 5.84 Å². The number of hydrazine groups is 1. The number of allylic oxidation sites excluding steroid dienone is 5. The minimum absolute atomic E-state index is 0. The summed E-state index contributed by atoms with van der Waals surface area (Å²) >= 11 is 0. The summed E-state index contributed by atoms with van der Waals surface area (Å²) in [6, 6.07) is 18.6. The fraction of sp³-hybridized carbons (Fsp3) is 0. The van der Waals surface area contributed by atoms with Crippen molar-refractivity contribution in [1.29, 1.82) is 0 Å². The van der Waals surface area contributed by atoms with Gasteiger partial charge in [0, 0.05) is 28.2 Å². The van der Waals surface area contributed by atoms with E-state index in [-0.39, 0.29) is 23.0 Å². The van der Waals surface area contributed by atoms with Crippen LogP contribution in [0.5, 0.6) is 0 Å². The second-order valence-electron chi connectivity index (χ2n) is 4.50. The Balaban J connectivity index is 0.000000377. The molecule has 3 rings (SSSR count). The van der Waals surface area contributed by atoms with Crippen LogP contribution in [0.25, 0.3) is 0 Å². The molecule has 0 heterocycles. The van der Waals surface area contributed by atoms with E-state index >= 15 is 0 Å². The first kappa shape index (κ1) is 18.6. The molecule has 0 unspecified atom stereocenters. The Kier molecular flexibility index (Phi) is 7.71. The largest absolute Gasteiger partial charge is 0.493 e. The van der Waals surface area contributed by atoms with Gasteiger partial charge in [-0.05, 0) is 24.3 Å². The van der Waals surface area contributed by atoms with Gasteiger partial charge in [0.1, 0.15) is 0 Å². The fourth-order valence-electron chi connectivity index (χ4n) is 1.80. The van der Waals surface area contributed by atoms with Crippen LogP contribution in [0, 0.1) is 0 Å². The molecule has 0 saturated heterocycles. The maximum Gasteiger partial charge on any atom is 0.274 e. The first-order valence-electron chi connectivity index (χ1n) is 6.79. The zero-order valence-electron chi connectivity index (χ0n) is 12.3. The summed E-state index contributed by atoms with van der Waals surface area (Å²) in [6.07, 6.45) is 6.86. The molecule has 0 fully saturated rings. The van der Waals surface area contributed by atoms with E-state index in [1.807, 2.05) is 30.3 Å². The number of nitrogens with zero attached hydrogens (tertiary/aromatic N) is 1. The van der Waals surface area contributed by atoms with Gasteiger partial charge in [-0.25, -0.2) is 23.0 Å². The number of benzene rings is 1. The number of carbonyl (C=O) groups excluding carboxylic acids is 1. The molecule has 5 heteroatoms. The molecule has 1 aliphatic rings. The normalized spacial score (nSPS) is 11.3. The molecule has 0 bridgehead atoms. The summed E-state index contributed by atoms with van der Waals surface area (Å²) in [5.74, 6) is 4.87. The summed E-state index contributed by atoms with van der Waals surface area (Å²) in [4.78, 5) is 11.9. The minimum Gasteiger partial charge on any atom is -0.493 e. The van der Waals surface area contributed by atoms with Gasteiger partial charge in [0.2, 0.25) is 5.88 Å². The van der Waals surface area contributed by atoms with Crippen molar-refractivity contribution in [3.05, 3.63) is 102 Å². The first-order valence-corrected chi connectivity index (χ1v) is 6.79. The predicted octanol–water partition coefficient (Wildman–Crippen LogP) is 3.30. The summed E-state index contributed by atoms with van der Waals surface area (Å²) in [7, 11) is 0. The number of nitrogens with two attached hydrogens (primary N) is 1. The second-order valence-corrected chi connectivity index (χ2v) is 4.50.